The summed E-state index contributed by atoms with van der Waals surface area (Å²) >= 11 is 5.58. The highest BCUT2D eigenvalue weighted by Crippen LogP contribution is 2.28. The van der Waals surface area contributed by atoms with Crippen molar-refractivity contribution in [2.24, 2.45) is 5.92 Å². The third kappa shape index (κ3) is 2.54. The predicted octanol–water partition coefficient (Wildman–Crippen LogP) is 2.25. The molecule has 1 aliphatic rings. The quantitative estimate of drug-likeness (QED) is 0.601. The molecule has 2 atom stereocenters. The van der Waals surface area contributed by atoms with E-state index in [1.54, 1.807) is 0 Å². The minimum atomic E-state index is -1.14. The number of nitrogens with one attached hydrogen (secondary N) is 2. The van der Waals surface area contributed by atoms with E-state index in [1.807, 2.05) is 0 Å². The van der Waals surface area contributed by atoms with E-state index in [1.165, 1.54) is 12.1 Å². The number of hydrogen-bond acceptors (Lipinski definition) is 3. The highest BCUT2D eigenvalue weighted by atomic mass is 35.5. The van der Waals surface area contributed by atoms with Crippen molar-refractivity contribution >= 4 is 28.3 Å². The van der Waals surface area contributed by atoms with Gasteiger partial charge in [-0.25, -0.2) is 8.78 Å². The Labute approximate surface area is 124 Å². The first-order valence-corrected chi connectivity index (χ1v) is 6.93. The first kappa shape index (κ1) is 14.4. The van der Waals surface area contributed by atoms with Crippen LogP contribution in [0.1, 0.15) is 16.9 Å². The normalized spacial score (nSPS) is 22.1. The van der Waals surface area contributed by atoms with Crippen LogP contribution >= 0.6 is 11.6 Å². The van der Waals surface area contributed by atoms with Crippen molar-refractivity contribution in [3.63, 3.8) is 0 Å². The fourth-order valence-corrected chi connectivity index (χ4v) is 2.81. The van der Waals surface area contributed by atoms with Gasteiger partial charge in [0.25, 0.3) is 0 Å². The number of carbonyl (C=O) groups is 1. The first-order chi connectivity index (χ1) is 9.97. The molecule has 0 unspecified atom stereocenters. The van der Waals surface area contributed by atoms with E-state index in [-0.39, 0.29) is 34.4 Å². The molecule has 112 valence electrons. The zero-order valence-electron chi connectivity index (χ0n) is 10.9. The number of halogens is 3. The van der Waals surface area contributed by atoms with Gasteiger partial charge < -0.3 is 15.4 Å². The molecule has 2 aromatic rings. The number of aliphatic hydroxyl groups is 1. The molecule has 0 bridgehead atoms. The average Bonchev–Trinajstić information content (AvgIpc) is 3.03. The Morgan fingerprint density at radius 1 is 1.33 bits per heavy atom. The Hall–Kier alpha value is -1.50. The Morgan fingerprint density at radius 3 is 2.76 bits per heavy atom. The van der Waals surface area contributed by atoms with Gasteiger partial charge in [0.15, 0.2) is 17.4 Å². The number of benzene rings is 1. The molecule has 1 aliphatic heterocycles. The van der Waals surface area contributed by atoms with Crippen molar-refractivity contribution in [2.75, 3.05) is 13.1 Å². The third-order valence-electron chi connectivity index (χ3n) is 3.80. The Balaban J connectivity index is 1.90. The van der Waals surface area contributed by atoms with E-state index in [0.29, 0.717) is 18.5 Å². The highest BCUT2D eigenvalue weighted by Gasteiger charge is 2.28. The number of H-pyrrole nitrogens is 1. The summed E-state index contributed by atoms with van der Waals surface area (Å²) in [6.45, 7) is 1.02. The summed E-state index contributed by atoms with van der Waals surface area (Å²) in [5.74, 6) is -2.66. The van der Waals surface area contributed by atoms with Gasteiger partial charge in [-0.3, -0.25) is 4.79 Å². The van der Waals surface area contributed by atoms with Crippen LogP contribution in [0.15, 0.2) is 12.1 Å². The van der Waals surface area contributed by atoms with Gasteiger partial charge in [0, 0.05) is 30.8 Å². The van der Waals surface area contributed by atoms with Crippen LogP contribution in [0.25, 0.3) is 10.9 Å². The van der Waals surface area contributed by atoms with Crippen LogP contribution in [0.4, 0.5) is 8.78 Å². The largest absolute Gasteiger partial charge is 0.391 e. The van der Waals surface area contributed by atoms with Gasteiger partial charge in [-0.05, 0) is 12.1 Å². The van der Waals surface area contributed by atoms with Gasteiger partial charge in [0.2, 0.25) is 0 Å². The molecule has 1 aromatic carbocycles. The third-order valence-corrected chi connectivity index (χ3v) is 4.08. The SMILES string of the molecule is O=C(C[C@@H]1CNC[C@H]1O)c1cc2cc(Cl)c(F)c(F)c2[nH]1. The van der Waals surface area contributed by atoms with Crippen molar-refractivity contribution in [3.8, 4) is 0 Å². The highest BCUT2D eigenvalue weighted by molar-refractivity contribution is 6.31. The lowest BCUT2D eigenvalue weighted by Crippen LogP contribution is -2.21. The van der Waals surface area contributed by atoms with E-state index in [4.69, 9.17) is 11.6 Å². The fourth-order valence-electron chi connectivity index (χ4n) is 2.61. The van der Waals surface area contributed by atoms with Gasteiger partial charge in [-0.15, -0.1) is 0 Å². The summed E-state index contributed by atoms with van der Waals surface area (Å²) in [6, 6.07) is 2.72. The molecule has 0 saturated carbocycles. The standard InChI is InChI=1S/C14H13ClF2N2O2/c15-8-1-6-2-9(19-14(6)13(17)12(8)16)10(20)3-7-4-18-5-11(7)21/h1-2,7,11,18-19,21H,3-5H2/t7-,11-/m1/s1. The predicted molar refractivity (Wildman–Crippen MR) is 74.5 cm³/mol. The maximum absolute atomic E-state index is 13.8. The number of aromatic nitrogens is 1. The molecule has 0 radical (unpaired) electrons. The summed E-state index contributed by atoms with van der Waals surface area (Å²) in [5, 5.41) is 12.7. The fraction of sp³-hybridized carbons (Fsp3) is 0.357. The number of hydrogen-bond donors (Lipinski definition) is 3. The molecule has 7 heteroatoms. The summed E-state index contributed by atoms with van der Waals surface area (Å²) in [5.41, 5.74) is 0.106. The van der Waals surface area contributed by atoms with Crippen molar-refractivity contribution in [2.45, 2.75) is 12.5 Å². The van der Waals surface area contributed by atoms with Gasteiger partial charge in [0.05, 0.1) is 22.3 Å². The molecule has 2 heterocycles. The zero-order chi connectivity index (χ0) is 15.1. The minimum absolute atomic E-state index is 0.0784. The summed E-state index contributed by atoms with van der Waals surface area (Å²) in [4.78, 5) is 14.8. The molecular weight excluding hydrogens is 302 g/mol. The van der Waals surface area contributed by atoms with Crippen LogP contribution in [0.2, 0.25) is 5.02 Å². The maximum Gasteiger partial charge on any atom is 0.184 e. The monoisotopic (exact) mass is 314 g/mol. The second-order valence-electron chi connectivity index (χ2n) is 5.25. The average molecular weight is 315 g/mol. The Kier molecular flexibility index (Phi) is 3.69. The van der Waals surface area contributed by atoms with Crippen molar-refractivity contribution < 1.29 is 18.7 Å². The molecule has 0 amide bonds. The van der Waals surface area contributed by atoms with E-state index >= 15 is 0 Å². The number of aliphatic hydroxyl groups excluding tert-OH is 1. The first-order valence-electron chi connectivity index (χ1n) is 6.55. The molecule has 4 nitrogen and oxygen atoms in total. The van der Waals surface area contributed by atoms with Crippen LogP contribution in [-0.2, 0) is 0 Å². The lowest BCUT2D eigenvalue weighted by atomic mass is 9.98. The molecule has 1 fully saturated rings. The molecule has 21 heavy (non-hydrogen) atoms. The van der Waals surface area contributed by atoms with Gasteiger partial charge in [0.1, 0.15) is 0 Å². The van der Waals surface area contributed by atoms with Crippen LogP contribution < -0.4 is 5.32 Å². The summed E-state index contributed by atoms with van der Waals surface area (Å²) in [7, 11) is 0. The lowest BCUT2D eigenvalue weighted by molar-refractivity contribution is 0.0890. The van der Waals surface area contributed by atoms with E-state index in [0.717, 1.165) is 0 Å². The minimum Gasteiger partial charge on any atom is -0.391 e. The van der Waals surface area contributed by atoms with Crippen molar-refractivity contribution in [1.29, 1.82) is 0 Å². The number of Topliss-reactive ketones (excluding diaryl/α,β-unsaturated/α-hetero) is 1. The summed E-state index contributed by atoms with van der Waals surface area (Å²) in [6.07, 6.45) is -0.430. The zero-order valence-corrected chi connectivity index (χ0v) is 11.7. The molecule has 1 aromatic heterocycles. The van der Waals surface area contributed by atoms with Crippen LogP contribution in [0, 0.1) is 17.6 Å². The molecule has 3 rings (SSSR count). The lowest BCUT2D eigenvalue weighted by Gasteiger charge is -2.11. The number of carbonyl (C=O) groups excluding carboxylic acids is 1. The smallest absolute Gasteiger partial charge is 0.184 e. The van der Waals surface area contributed by atoms with E-state index < -0.39 is 17.7 Å². The van der Waals surface area contributed by atoms with Crippen LogP contribution in [0.3, 0.4) is 0 Å². The van der Waals surface area contributed by atoms with E-state index in [2.05, 4.69) is 10.3 Å². The number of aromatic amines is 1. The van der Waals surface area contributed by atoms with Gasteiger partial charge >= 0.3 is 0 Å². The molecule has 0 spiro atoms. The maximum atomic E-state index is 13.8. The second-order valence-corrected chi connectivity index (χ2v) is 5.65. The number of rotatable bonds is 3. The second kappa shape index (κ2) is 5.36. The Morgan fingerprint density at radius 2 is 2.10 bits per heavy atom. The van der Waals surface area contributed by atoms with Crippen LogP contribution in [-0.4, -0.2) is 35.1 Å². The van der Waals surface area contributed by atoms with Crippen molar-refractivity contribution in [3.05, 3.63) is 34.5 Å². The molecular formula is C14H13ClF2N2O2. The molecule has 0 aliphatic carbocycles. The van der Waals surface area contributed by atoms with E-state index in [9.17, 15) is 18.7 Å². The molecule has 1 saturated heterocycles. The van der Waals surface area contributed by atoms with Gasteiger partial charge in [-0.2, -0.15) is 0 Å². The number of fused-ring (bicyclic) bond motifs is 1. The Bertz CT molecular complexity index is 717. The van der Waals surface area contributed by atoms with Gasteiger partial charge in [-0.1, -0.05) is 11.6 Å². The number of β-amino-alcohol motifs (C(OH)–C–C–N with tert-alkyl or cyclic N) is 1. The number of ketones is 1. The van der Waals surface area contributed by atoms with Crippen molar-refractivity contribution in [1.82, 2.24) is 10.3 Å². The summed E-state index contributed by atoms with van der Waals surface area (Å²) < 4.78 is 27.1. The van der Waals surface area contributed by atoms with Crippen LogP contribution in [0.5, 0.6) is 0 Å². The molecule has 3 N–H and O–H groups in total. The topological polar surface area (TPSA) is 65.1 Å².